The molecule has 0 aliphatic rings. The zero-order valence-electron chi connectivity index (χ0n) is 26.5. The monoisotopic (exact) mass is 624 g/mol. The molecule has 0 spiro atoms. The van der Waals surface area contributed by atoms with E-state index < -0.39 is 0 Å². The van der Waals surface area contributed by atoms with Gasteiger partial charge in [-0.1, -0.05) is 115 Å². The van der Waals surface area contributed by atoms with Crippen molar-refractivity contribution in [3.63, 3.8) is 0 Å². The van der Waals surface area contributed by atoms with Crippen LogP contribution in [0.3, 0.4) is 0 Å². The molecule has 0 unspecified atom stereocenters. The first-order valence-corrected chi connectivity index (χ1v) is 16.8. The van der Waals surface area contributed by atoms with Crippen molar-refractivity contribution in [2.75, 3.05) is 0 Å². The van der Waals surface area contributed by atoms with Gasteiger partial charge in [-0.15, -0.1) is 0 Å². The molecule has 0 aliphatic carbocycles. The molecule has 3 aromatic heterocycles. The fourth-order valence-corrected chi connectivity index (χ4v) is 8.18. The third-order valence-corrected chi connectivity index (χ3v) is 10.3. The van der Waals surface area contributed by atoms with Crippen LogP contribution in [0.25, 0.3) is 98.8 Å². The Morgan fingerprint density at radius 3 is 1.96 bits per heavy atom. The summed E-state index contributed by atoms with van der Waals surface area (Å²) in [7, 11) is 0. The van der Waals surface area contributed by atoms with Crippen LogP contribution in [-0.4, -0.2) is 9.13 Å². The van der Waals surface area contributed by atoms with E-state index in [1.807, 2.05) is 6.07 Å². The second-order valence-electron chi connectivity index (χ2n) is 12.9. The fourth-order valence-electron chi connectivity index (χ4n) is 8.18. The molecule has 0 N–H and O–H groups in total. The van der Waals surface area contributed by atoms with Gasteiger partial charge >= 0.3 is 0 Å². The van der Waals surface area contributed by atoms with Gasteiger partial charge in [-0.05, 0) is 76.5 Å². The summed E-state index contributed by atoms with van der Waals surface area (Å²) < 4.78 is 11.3. The zero-order chi connectivity index (χ0) is 32.1. The molecule has 0 saturated heterocycles. The van der Waals surface area contributed by atoms with Gasteiger partial charge in [0.1, 0.15) is 11.2 Å². The lowest BCUT2D eigenvalue weighted by Gasteiger charge is -2.11. The van der Waals surface area contributed by atoms with Crippen molar-refractivity contribution in [3.8, 4) is 22.5 Å². The van der Waals surface area contributed by atoms with Crippen LogP contribution in [0, 0.1) is 0 Å². The number of fused-ring (bicyclic) bond motifs is 11. The highest BCUT2D eigenvalue weighted by Crippen LogP contribution is 2.44. The van der Waals surface area contributed by atoms with Crippen molar-refractivity contribution in [2.24, 2.45) is 0 Å². The van der Waals surface area contributed by atoms with E-state index in [-0.39, 0.29) is 0 Å². The summed E-state index contributed by atoms with van der Waals surface area (Å²) in [5, 5.41) is 9.69. The summed E-state index contributed by atoms with van der Waals surface area (Å²) in [4.78, 5) is 0. The van der Waals surface area contributed by atoms with Gasteiger partial charge in [0.25, 0.3) is 0 Å². The first-order chi connectivity index (χ1) is 24.3. The van der Waals surface area contributed by atoms with Crippen LogP contribution in [0.1, 0.15) is 0 Å². The van der Waals surface area contributed by atoms with Gasteiger partial charge in [-0.2, -0.15) is 0 Å². The molecule has 0 aliphatic heterocycles. The maximum atomic E-state index is 6.39. The number of hydrogen-bond acceptors (Lipinski definition) is 1. The first kappa shape index (κ1) is 26.5. The van der Waals surface area contributed by atoms with Gasteiger partial charge < -0.3 is 13.6 Å². The van der Waals surface area contributed by atoms with E-state index >= 15 is 0 Å². The van der Waals surface area contributed by atoms with E-state index in [1.54, 1.807) is 0 Å². The molecule has 49 heavy (non-hydrogen) atoms. The normalized spacial score (nSPS) is 12.1. The Bertz CT molecular complexity index is 3100. The number of para-hydroxylation sites is 2. The summed E-state index contributed by atoms with van der Waals surface area (Å²) in [5.74, 6) is 0. The van der Waals surface area contributed by atoms with Gasteiger partial charge in [-0.25, -0.2) is 0 Å². The summed E-state index contributed by atoms with van der Waals surface area (Å²) in [6.07, 6.45) is 0. The van der Waals surface area contributed by atoms with Crippen molar-refractivity contribution in [3.05, 3.63) is 170 Å². The molecule has 228 valence electrons. The highest BCUT2D eigenvalue weighted by Gasteiger charge is 2.22. The van der Waals surface area contributed by atoms with Gasteiger partial charge in [-0.3, -0.25) is 0 Å². The number of nitrogens with zero attached hydrogens (tertiary/aromatic N) is 2. The van der Waals surface area contributed by atoms with E-state index in [0.717, 1.165) is 33.3 Å². The maximum absolute atomic E-state index is 6.39. The minimum Gasteiger partial charge on any atom is -0.456 e. The molecular weight excluding hydrogens is 597 g/mol. The lowest BCUT2D eigenvalue weighted by atomic mass is 10.0. The van der Waals surface area contributed by atoms with Crippen molar-refractivity contribution in [1.82, 2.24) is 9.13 Å². The quantitative estimate of drug-likeness (QED) is 0.192. The van der Waals surface area contributed by atoms with Crippen LogP contribution in [0.15, 0.2) is 174 Å². The lowest BCUT2D eigenvalue weighted by molar-refractivity contribution is 0.669. The second kappa shape index (κ2) is 9.96. The molecule has 3 heterocycles. The molecule has 11 aromatic rings. The molecule has 3 nitrogen and oxygen atoms in total. The molecule has 8 aromatic carbocycles. The smallest absolute Gasteiger partial charge is 0.137 e. The Hall–Kier alpha value is -6.58. The summed E-state index contributed by atoms with van der Waals surface area (Å²) >= 11 is 0. The van der Waals surface area contributed by atoms with Crippen LogP contribution in [0.4, 0.5) is 0 Å². The number of benzene rings is 8. The molecule has 0 saturated carbocycles. The Balaban J connectivity index is 1.31. The topological polar surface area (TPSA) is 23.0 Å². The van der Waals surface area contributed by atoms with E-state index in [2.05, 4.69) is 173 Å². The summed E-state index contributed by atoms with van der Waals surface area (Å²) in [5.41, 5.74) is 11.2. The zero-order valence-corrected chi connectivity index (χ0v) is 26.5. The van der Waals surface area contributed by atoms with Gasteiger partial charge in [0, 0.05) is 32.6 Å². The van der Waals surface area contributed by atoms with Crippen molar-refractivity contribution in [1.29, 1.82) is 0 Å². The molecule has 11 rings (SSSR count). The van der Waals surface area contributed by atoms with E-state index in [4.69, 9.17) is 4.42 Å². The van der Waals surface area contributed by atoms with Crippen LogP contribution < -0.4 is 0 Å². The largest absolute Gasteiger partial charge is 0.456 e. The van der Waals surface area contributed by atoms with Crippen molar-refractivity contribution < 1.29 is 4.42 Å². The Labute approximate surface area is 281 Å². The minimum atomic E-state index is 0.894. The minimum absolute atomic E-state index is 0.894. The number of furan rings is 1. The highest BCUT2D eigenvalue weighted by atomic mass is 16.3. The third-order valence-electron chi connectivity index (χ3n) is 10.3. The van der Waals surface area contributed by atoms with Gasteiger partial charge in [0.15, 0.2) is 0 Å². The van der Waals surface area contributed by atoms with E-state index in [0.29, 0.717) is 0 Å². The average molecular weight is 625 g/mol. The van der Waals surface area contributed by atoms with Gasteiger partial charge in [0.05, 0.1) is 33.1 Å². The molecule has 3 heteroatoms. The third kappa shape index (κ3) is 3.73. The molecule has 0 amide bonds. The van der Waals surface area contributed by atoms with E-state index in [1.165, 1.54) is 65.5 Å². The standard InChI is InChI=1S/C46H28N2O/c1-2-12-29(13-3-1)31-15-10-16-32(26-31)47-38-20-8-6-18-34(38)36-27-42-37(28-41(36)47)45-33-17-5-4-14-30(33)24-25-40(45)48(42)39-21-11-23-44-46(39)35-19-7-9-22-43(35)49-44/h1-28H. The average Bonchev–Trinajstić information content (AvgIpc) is 3.82. The van der Waals surface area contributed by atoms with E-state index in [9.17, 15) is 0 Å². The fraction of sp³-hybridized carbons (Fsp3) is 0. The summed E-state index contributed by atoms with van der Waals surface area (Å²) in [6.45, 7) is 0. The molecule has 0 bridgehead atoms. The number of rotatable bonds is 3. The van der Waals surface area contributed by atoms with Crippen LogP contribution in [0.2, 0.25) is 0 Å². The second-order valence-corrected chi connectivity index (χ2v) is 12.9. The van der Waals surface area contributed by atoms with Crippen LogP contribution in [-0.2, 0) is 0 Å². The Kier molecular flexibility index (Phi) is 5.38. The number of hydrogen-bond donors (Lipinski definition) is 0. The Morgan fingerprint density at radius 1 is 0.347 bits per heavy atom. The van der Waals surface area contributed by atoms with Crippen molar-refractivity contribution in [2.45, 2.75) is 0 Å². The highest BCUT2D eigenvalue weighted by molar-refractivity contribution is 6.26. The number of aromatic nitrogens is 2. The molecule has 0 radical (unpaired) electrons. The van der Waals surface area contributed by atoms with Crippen LogP contribution in [0.5, 0.6) is 0 Å². The predicted octanol–water partition coefficient (Wildman–Crippen LogP) is 12.6. The maximum Gasteiger partial charge on any atom is 0.137 e. The van der Waals surface area contributed by atoms with Crippen molar-refractivity contribution >= 4 is 76.3 Å². The SMILES string of the molecule is c1ccc(-c2cccc(-n3c4ccccc4c4cc5c(cc43)c3c4ccccc4ccc3n5-c3cccc4oc5ccccc5c34)c2)cc1. The molecular formula is C46H28N2O. The Morgan fingerprint density at radius 2 is 1.04 bits per heavy atom. The molecule has 0 fully saturated rings. The molecule has 0 atom stereocenters. The first-order valence-electron chi connectivity index (χ1n) is 16.8. The summed E-state index contributed by atoms with van der Waals surface area (Å²) in [6, 6.07) is 61.3. The predicted molar refractivity (Wildman–Crippen MR) is 205 cm³/mol. The van der Waals surface area contributed by atoms with Gasteiger partial charge in [0.2, 0.25) is 0 Å². The van der Waals surface area contributed by atoms with Crippen LogP contribution >= 0.6 is 0 Å². The lowest BCUT2D eigenvalue weighted by Crippen LogP contribution is -1.95.